The molecular weight excluding hydrogens is 321 g/mol. The molecule has 4 heteroatoms. The van der Waals surface area contributed by atoms with Crippen LogP contribution in [0.2, 0.25) is 0 Å². The van der Waals surface area contributed by atoms with Crippen LogP contribution in [0.25, 0.3) is 0 Å². The van der Waals surface area contributed by atoms with E-state index in [1.165, 1.54) is 12.1 Å². The summed E-state index contributed by atoms with van der Waals surface area (Å²) in [6, 6.07) is 12.0. The minimum Gasteiger partial charge on any atom is -0.337 e. The fraction of sp³-hybridized carbons (Fsp3) is 0.188. The molecule has 0 aromatic heterocycles. The van der Waals surface area contributed by atoms with Crippen LogP contribution in [-0.2, 0) is 6.54 Å². The van der Waals surface area contributed by atoms with Crippen LogP contribution in [0.15, 0.2) is 46.9 Å². The predicted molar refractivity (Wildman–Crippen MR) is 81.1 cm³/mol. The summed E-state index contributed by atoms with van der Waals surface area (Å²) in [5.41, 5.74) is 2.54. The summed E-state index contributed by atoms with van der Waals surface area (Å²) in [6.45, 7) is 2.50. The SMILES string of the molecule is Cc1ccccc1CN(C)C(=O)c1cc(F)ccc1Br. The van der Waals surface area contributed by atoms with Crippen LogP contribution in [0.4, 0.5) is 4.39 Å². The molecule has 20 heavy (non-hydrogen) atoms. The average molecular weight is 336 g/mol. The van der Waals surface area contributed by atoms with Crippen molar-refractivity contribution in [2.45, 2.75) is 13.5 Å². The third-order valence-corrected chi connectivity index (χ3v) is 3.87. The minimum absolute atomic E-state index is 0.209. The highest BCUT2D eigenvalue weighted by atomic mass is 79.9. The normalized spacial score (nSPS) is 10.4. The molecule has 0 fully saturated rings. The zero-order valence-corrected chi connectivity index (χ0v) is 12.9. The molecule has 0 atom stereocenters. The summed E-state index contributed by atoms with van der Waals surface area (Å²) >= 11 is 3.29. The monoisotopic (exact) mass is 335 g/mol. The molecule has 0 N–H and O–H groups in total. The van der Waals surface area contributed by atoms with Crippen LogP contribution in [0.1, 0.15) is 21.5 Å². The first-order valence-corrected chi connectivity index (χ1v) is 7.03. The molecule has 2 nitrogen and oxygen atoms in total. The van der Waals surface area contributed by atoms with Crippen LogP contribution in [0, 0.1) is 12.7 Å². The molecule has 0 aliphatic rings. The Kier molecular flexibility index (Phi) is 4.55. The van der Waals surface area contributed by atoms with Gasteiger partial charge in [-0.1, -0.05) is 24.3 Å². The molecule has 0 unspecified atom stereocenters. The molecular formula is C16H15BrFNO. The zero-order valence-electron chi connectivity index (χ0n) is 11.4. The number of hydrogen-bond donors (Lipinski definition) is 0. The standard InChI is InChI=1S/C16H15BrFNO/c1-11-5-3-4-6-12(11)10-19(2)16(20)14-9-13(18)7-8-15(14)17/h3-9H,10H2,1-2H3. The first-order valence-electron chi connectivity index (χ1n) is 6.24. The van der Waals surface area contributed by atoms with E-state index in [0.717, 1.165) is 11.1 Å². The van der Waals surface area contributed by atoms with Gasteiger partial charge in [0, 0.05) is 18.1 Å². The van der Waals surface area contributed by atoms with Gasteiger partial charge in [-0.15, -0.1) is 0 Å². The number of amides is 1. The highest BCUT2D eigenvalue weighted by Gasteiger charge is 2.16. The quantitative estimate of drug-likeness (QED) is 0.824. The van der Waals surface area contributed by atoms with Crippen LogP contribution in [0.5, 0.6) is 0 Å². The molecule has 0 aliphatic carbocycles. The van der Waals surface area contributed by atoms with Gasteiger partial charge in [0.2, 0.25) is 0 Å². The predicted octanol–water partition coefficient (Wildman–Crippen LogP) is 4.17. The number of aryl methyl sites for hydroxylation is 1. The van der Waals surface area contributed by atoms with Crippen molar-refractivity contribution in [1.29, 1.82) is 0 Å². The maximum atomic E-state index is 13.3. The number of rotatable bonds is 3. The Hall–Kier alpha value is -1.68. The summed E-state index contributed by atoms with van der Waals surface area (Å²) < 4.78 is 13.9. The Bertz CT molecular complexity index is 642. The maximum Gasteiger partial charge on any atom is 0.255 e. The summed E-state index contributed by atoms with van der Waals surface area (Å²) in [4.78, 5) is 13.9. The van der Waals surface area contributed by atoms with E-state index in [9.17, 15) is 9.18 Å². The lowest BCUT2D eigenvalue weighted by atomic mass is 10.1. The number of carbonyl (C=O) groups excluding carboxylic acids is 1. The van der Waals surface area contributed by atoms with Gasteiger partial charge < -0.3 is 4.90 Å². The molecule has 2 rings (SSSR count). The number of benzene rings is 2. The van der Waals surface area contributed by atoms with Crippen LogP contribution in [0.3, 0.4) is 0 Å². The van der Waals surface area contributed by atoms with E-state index in [4.69, 9.17) is 0 Å². The van der Waals surface area contributed by atoms with E-state index in [1.54, 1.807) is 18.0 Å². The summed E-state index contributed by atoms with van der Waals surface area (Å²) in [6.07, 6.45) is 0. The Labute approximate surface area is 126 Å². The summed E-state index contributed by atoms with van der Waals surface area (Å²) in [5.74, 6) is -0.625. The first kappa shape index (κ1) is 14.7. The van der Waals surface area contributed by atoms with Gasteiger partial charge >= 0.3 is 0 Å². The highest BCUT2D eigenvalue weighted by Crippen LogP contribution is 2.20. The molecule has 0 aliphatic heterocycles. The summed E-state index contributed by atoms with van der Waals surface area (Å²) in [7, 11) is 1.71. The van der Waals surface area contributed by atoms with Gasteiger partial charge in [0.1, 0.15) is 5.82 Å². The van der Waals surface area contributed by atoms with Crippen molar-refractivity contribution in [2.24, 2.45) is 0 Å². The maximum absolute atomic E-state index is 13.3. The van der Waals surface area contributed by atoms with Gasteiger partial charge in [0.05, 0.1) is 5.56 Å². The lowest BCUT2D eigenvalue weighted by Gasteiger charge is -2.19. The van der Waals surface area contributed by atoms with E-state index in [1.807, 2.05) is 31.2 Å². The van der Waals surface area contributed by atoms with Gasteiger partial charge in [-0.3, -0.25) is 4.79 Å². The largest absolute Gasteiger partial charge is 0.337 e. The number of carbonyl (C=O) groups is 1. The van der Waals surface area contributed by atoms with Crippen molar-refractivity contribution in [1.82, 2.24) is 4.90 Å². The van der Waals surface area contributed by atoms with Crippen LogP contribution >= 0.6 is 15.9 Å². The molecule has 0 saturated heterocycles. The zero-order chi connectivity index (χ0) is 14.7. The molecule has 1 amide bonds. The van der Waals surface area contributed by atoms with E-state index < -0.39 is 5.82 Å². The first-order chi connectivity index (χ1) is 9.49. The molecule has 104 valence electrons. The molecule has 0 saturated carbocycles. The molecule has 2 aromatic rings. The number of halogens is 2. The van der Waals surface area contributed by atoms with E-state index in [-0.39, 0.29) is 5.91 Å². The molecule has 0 heterocycles. The van der Waals surface area contributed by atoms with Crippen molar-refractivity contribution in [2.75, 3.05) is 7.05 Å². The third kappa shape index (κ3) is 3.25. The smallest absolute Gasteiger partial charge is 0.255 e. The summed E-state index contributed by atoms with van der Waals surface area (Å²) in [5, 5.41) is 0. The Balaban J connectivity index is 2.21. The van der Waals surface area contributed by atoms with Crippen molar-refractivity contribution in [3.8, 4) is 0 Å². The molecule has 2 aromatic carbocycles. The molecule has 0 radical (unpaired) electrons. The fourth-order valence-electron chi connectivity index (χ4n) is 1.98. The number of nitrogens with zero attached hydrogens (tertiary/aromatic N) is 1. The second-order valence-electron chi connectivity index (χ2n) is 4.71. The van der Waals surface area contributed by atoms with E-state index in [0.29, 0.717) is 16.6 Å². The third-order valence-electron chi connectivity index (χ3n) is 3.17. The molecule has 0 spiro atoms. The van der Waals surface area contributed by atoms with E-state index >= 15 is 0 Å². The van der Waals surface area contributed by atoms with Gasteiger partial charge in [0.25, 0.3) is 5.91 Å². The second-order valence-corrected chi connectivity index (χ2v) is 5.57. The Morgan fingerprint density at radius 1 is 1.25 bits per heavy atom. The average Bonchev–Trinajstić information content (AvgIpc) is 2.43. The lowest BCUT2D eigenvalue weighted by molar-refractivity contribution is 0.0783. The van der Waals surface area contributed by atoms with Gasteiger partial charge in [-0.25, -0.2) is 4.39 Å². The van der Waals surface area contributed by atoms with Crippen LogP contribution < -0.4 is 0 Å². The minimum atomic E-state index is -0.416. The van der Waals surface area contributed by atoms with Crippen LogP contribution in [-0.4, -0.2) is 17.9 Å². The Morgan fingerprint density at radius 2 is 1.95 bits per heavy atom. The van der Waals surface area contributed by atoms with E-state index in [2.05, 4.69) is 15.9 Å². The molecule has 0 bridgehead atoms. The number of hydrogen-bond acceptors (Lipinski definition) is 1. The van der Waals surface area contributed by atoms with Crippen molar-refractivity contribution >= 4 is 21.8 Å². The van der Waals surface area contributed by atoms with Crippen molar-refractivity contribution in [3.63, 3.8) is 0 Å². The topological polar surface area (TPSA) is 20.3 Å². The van der Waals surface area contributed by atoms with Crippen molar-refractivity contribution in [3.05, 3.63) is 69.4 Å². The highest BCUT2D eigenvalue weighted by molar-refractivity contribution is 9.10. The van der Waals surface area contributed by atoms with Crippen molar-refractivity contribution < 1.29 is 9.18 Å². The fourth-order valence-corrected chi connectivity index (χ4v) is 2.40. The van der Waals surface area contributed by atoms with Gasteiger partial charge in [-0.2, -0.15) is 0 Å². The Morgan fingerprint density at radius 3 is 2.65 bits per heavy atom. The van der Waals surface area contributed by atoms with Gasteiger partial charge in [0.15, 0.2) is 0 Å². The second kappa shape index (κ2) is 6.18. The lowest BCUT2D eigenvalue weighted by Crippen LogP contribution is -2.27. The van der Waals surface area contributed by atoms with Gasteiger partial charge in [-0.05, 0) is 52.2 Å².